The van der Waals surface area contributed by atoms with Crippen LogP contribution in [0.2, 0.25) is 0 Å². The number of hydrogen-bond donors (Lipinski definition) is 0. The minimum atomic E-state index is -0.197. The molecule has 0 aliphatic rings. The Kier molecular flexibility index (Phi) is 2.04. The largest absolute Gasteiger partial charge is 0.464 e. The summed E-state index contributed by atoms with van der Waals surface area (Å²) in [6.07, 6.45) is 1.30. The van der Waals surface area contributed by atoms with Gasteiger partial charge in [-0.15, -0.1) is 0 Å². The Morgan fingerprint density at radius 3 is 3.00 bits per heavy atom. The molecule has 1 aromatic heterocycles. The second kappa shape index (κ2) is 3.35. The summed E-state index contributed by atoms with van der Waals surface area (Å²) in [4.78, 5) is 11.4. The maximum atomic E-state index is 11.4. The molecule has 1 aromatic carbocycles. The van der Waals surface area contributed by atoms with Crippen molar-refractivity contribution in [2.24, 2.45) is 0 Å². The van der Waals surface area contributed by atoms with Gasteiger partial charge in [-0.3, -0.25) is 4.79 Å². The smallest absolute Gasteiger partial charge is 0.180 e. The Labute approximate surface area is 80.6 Å². The van der Waals surface area contributed by atoms with Crippen molar-refractivity contribution < 1.29 is 9.21 Å². The van der Waals surface area contributed by atoms with Crippen LogP contribution in [0.25, 0.3) is 11.0 Å². The molecule has 0 aliphatic heterocycles. The summed E-state index contributed by atoms with van der Waals surface area (Å²) in [5.74, 6) is -0.197. The average molecular weight is 185 g/mol. The van der Waals surface area contributed by atoms with E-state index in [9.17, 15) is 4.79 Å². The summed E-state index contributed by atoms with van der Waals surface area (Å²) < 4.78 is 5.19. The van der Waals surface area contributed by atoms with Crippen LogP contribution >= 0.6 is 0 Å². The third-order valence-corrected chi connectivity index (χ3v) is 2.02. The third kappa shape index (κ3) is 1.27. The zero-order valence-electron chi connectivity index (χ0n) is 7.36. The first-order chi connectivity index (χ1) is 6.83. The lowest BCUT2D eigenvalue weighted by Gasteiger charge is -1.90. The van der Waals surface area contributed by atoms with Gasteiger partial charge in [0.15, 0.2) is 5.78 Å². The molecule has 2 aromatic rings. The number of carbonyl (C=O) groups excluding carboxylic acids is 1. The van der Waals surface area contributed by atoms with Gasteiger partial charge in [-0.05, 0) is 6.07 Å². The molecule has 0 unspecified atom stereocenters. The van der Waals surface area contributed by atoms with Crippen molar-refractivity contribution in [3.8, 4) is 6.07 Å². The SMILES string of the molecule is N#CCC(=O)c1coc2ccccc12. The topological polar surface area (TPSA) is 54.0 Å². The third-order valence-electron chi connectivity index (χ3n) is 2.02. The van der Waals surface area contributed by atoms with E-state index in [1.165, 1.54) is 6.26 Å². The number of carbonyl (C=O) groups is 1. The quantitative estimate of drug-likeness (QED) is 0.675. The Balaban J connectivity index is 2.54. The van der Waals surface area contributed by atoms with Gasteiger partial charge in [-0.25, -0.2) is 0 Å². The van der Waals surface area contributed by atoms with Crippen LogP contribution in [0.15, 0.2) is 34.9 Å². The summed E-state index contributed by atoms with van der Waals surface area (Å²) >= 11 is 0. The van der Waals surface area contributed by atoms with Crippen molar-refractivity contribution in [3.05, 3.63) is 36.1 Å². The van der Waals surface area contributed by atoms with Gasteiger partial charge in [0.2, 0.25) is 0 Å². The van der Waals surface area contributed by atoms with E-state index < -0.39 is 0 Å². The molecule has 0 saturated heterocycles. The van der Waals surface area contributed by atoms with E-state index in [1.54, 1.807) is 6.07 Å². The summed E-state index contributed by atoms with van der Waals surface area (Å²) in [5.41, 5.74) is 1.16. The van der Waals surface area contributed by atoms with Crippen LogP contribution in [0.4, 0.5) is 0 Å². The number of nitrogens with zero attached hydrogens (tertiary/aromatic N) is 1. The van der Waals surface area contributed by atoms with Crippen LogP contribution in [0.5, 0.6) is 0 Å². The first-order valence-corrected chi connectivity index (χ1v) is 4.19. The second-order valence-electron chi connectivity index (χ2n) is 2.90. The molecule has 2 rings (SSSR count). The van der Waals surface area contributed by atoms with Crippen molar-refractivity contribution in [3.63, 3.8) is 0 Å². The molecular formula is C11H7NO2. The van der Waals surface area contributed by atoms with E-state index in [1.807, 2.05) is 24.3 Å². The standard InChI is InChI=1S/C11H7NO2/c12-6-5-10(13)9-7-14-11-4-2-1-3-8(9)11/h1-4,7H,5H2. The van der Waals surface area contributed by atoms with E-state index in [4.69, 9.17) is 9.68 Å². The maximum Gasteiger partial charge on any atom is 0.180 e. The fraction of sp³-hybridized carbons (Fsp3) is 0.0909. The molecule has 0 fully saturated rings. The second-order valence-corrected chi connectivity index (χ2v) is 2.90. The van der Waals surface area contributed by atoms with E-state index >= 15 is 0 Å². The van der Waals surface area contributed by atoms with E-state index in [-0.39, 0.29) is 12.2 Å². The number of nitriles is 1. The molecule has 0 radical (unpaired) electrons. The molecule has 68 valence electrons. The van der Waals surface area contributed by atoms with E-state index in [0.717, 1.165) is 5.39 Å². The lowest BCUT2D eigenvalue weighted by Crippen LogP contribution is -1.94. The maximum absolute atomic E-state index is 11.4. The van der Waals surface area contributed by atoms with Crippen LogP contribution in [-0.2, 0) is 0 Å². The fourth-order valence-electron chi connectivity index (χ4n) is 1.36. The van der Waals surface area contributed by atoms with Crippen LogP contribution in [0.3, 0.4) is 0 Å². The summed E-state index contributed by atoms with van der Waals surface area (Å²) in [6.45, 7) is 0. The van der Waals surface area contributed by atoms with Crippen LogP contribution < -0.4 is 0 Å². The molecule has 3 heteroatoms. The molecule has 3 nitrogen and oxygen atoms in total. The lowest BCUT2D eigenvalue weighted by molar-refractivity contribution is 0.0998. The Morgan fingerprint density at radius 1 is 1.43 bits per heavy atom. The number of furan rings is 1. The molecule has 0 spiro atoms. The van der Waals surface area contributed by atoms with Gasteiger partial charge in [0.25, 0.3) is 0 Å². The normalized spacial score (nSPS) is 9.93. The van der Waals surface area contributed by atoms with Gasteiger partial charge < -0.3 is 4.42 Å². The van der Waals surface area contributed by atoms with Crippen molar-refractivity contribution in [1.82, 2.24) is 0 Å². The van der Waals surface area contributed by atoms with Crippen LogP contribution in [0.1, 0.15) is 16.8 Å². The van der Waals surface area contributed by atoms with E-state index in [2.05, 4.69) is 0 Å². The van der Waals surface area contributed by atoms with Crippen molar-refractivity contribution in [2.45, 2.75) is 6.42 Å². The highest BCUT2D eigenvalue weighted by Crippen LogP contribution is 2.21. The van der Waals surface area contributed by atoms with E-state index in [0.29, 0.717) is 11.1 Å². The molecule has 0 aliphatic carbocycles. The molecule has 0 bridgehead atoms. The highest BCUT2D eigenvalue weighted by atomic mass is 16.3. The minimum absolute atomic E-state index is 0.108. The zero-order valence-corrected chi connectivity index (χ0v) is 7.36. The lowest BCUT2D eigenvalue weighted by atomic mass is 10.1. The number of Topliss-reactive ketones (excluding diaryl/α,β-unsaturated/α-hetero) is 1. The molecule has 0 saturated carbocycles. The predicted octanol–water partition coefficient (Wildman–Crippen LogP) is 2.53. The number of hydrogen-bond acceptors (Lipinski definition) is 3. The van der Waals surface area contributed by atoms with Crippen molar-refractivity contribution in [1.29, 1.82) is 5.26 Å². The van der Waals surface area contributed by atoms with Gasteiger partial charge in [0.05, 0.1) is 18.1 Å². The monoisotopic (exact) mass is 185 g/mol. The Morgan fingerprint density at radius 2 is 2.21 bits per heavy atom. The highest BCUT2D eigenvalue weighted by molar-refractivity contribution is 6.07. The van der Waals surface area contributed by atoms with Gasteiger partial charge in [-0.1, -0.05) is 18.2 Å². The average Bonchev–Trinajstić information content (AvgIpc) is 2.61. The minimum Gasteiger partial charge on any atom is -0.464 e. The Bertz CT molecular complexity index is 519. The first kappa shape index (κ1) is 8.52. The number of ketones is 1. The first-order valence-electron chi connectivity index (χ1n) is 4.19. The summed E-state index contributed by atoms with van der Waals surface area (Å²) in [7, 11) is 0. The van der Waals surface area contributed by atoms with Crippen LogP contribution in [-0.4, -0.2) is 5.78 Å². The predicted molar refractivity (Wildman–Crippen MR) is 50.8 cm³/mol. The summed E-state index contributed by atoms with van der Waals surface area (Å²) in [6, 6.07) is 9.10. The zero-order chi connectivity index (χ0) is 9.97. The summed E-state index contributed by atoms with van der Waals surface area (Å²) in [5, 5.41) is 9.18. The van der Waals surface area contributed by atoms with Crippen molar-refractivity contribution in [2.75, 3.05) is 0 Å². The van der Waals surface area contributed by atoms with Crippen molar-refractivity contribution >= 4 is 16.8 Å². The number of para-hydroxylation sites is 1. The number of fused-ring (bicyclic) bond motifs is 1. The van der Waals surface area contributed by atoms with Gasteiger partial charge in [0, 0.05) is 5.39 Å². The fourth-order valence-corrected chi connectivity index (χ4v) is 1.36. The number of rotatable bonds is 2. The number of benzene rings is 1. The molecule has 0 amide bonds. The van der Waals surface area contributed by atoms with Gasteiger partial charge in [0.1, 0.15) is 11.8 Å². The molecule has 1 heterocycles. The van der Waals surface area contributed by atoms with Gasteiger partial charge >= 0.3 is 0 Å². The molecule has 0 N–H and O–H groups in total. The Hall–Kier alpha value is -2.08. The highest BCUT2D eigenvalue weighted by Gasteiger charge is 2.12. The molecule has 0 atom stereocenters. The van der Waals surface area contributed by atoms with Crippen LogP contribution in [0, 0.1) is 11.3 Å². The molecular weight excluding hydrogens is 178 g/mol. The van der Waals surface area contributed by atoms with Gasteiger partial charge in [-0.2, -0.15) is 5.26 Å². The molecule has 14 heavy (non-hydrogen) atoms.